The van der Waals surface area contributed by atoms with Crippen LogP contribution < -0.4 is 10.4 Å². The van der Waals surface area contributed by atoms with Crippen molar-refractivity contribution in [3.8, 4) is 0 Å². The molecule has 0 unspecified atom stereocenters. The zero-order chi connectivity index (χ0) is 18.5. The number of hydrogen-bond donors (Lipinski definition) is 1. The number of carbonyl (C=O) groups is 1. The Morgan fingerprint density at radius 2 is 1.85 bits per heavy atom. The number of rotatable bonds is 3. The molecule has 3 aliphatic rings. The van der Waals surface area contributed by atoms with Crippen molar-refractivity contribution in [3.05, 3.63) is 60.2 Å². The summed E-state index contributed by atoms with van der Waals surface area (Å²) in [7, 11) is 0. The number of hydrogen-bond acceptors (Lipinski definition) is 3. The summed E-state index contributed by atoms with van der Waals surface area (Å²) in [5.74, 6) is 0.974. The second kappa shape index (κ2) is 6.54. The zero-order valence-corrected chi connectivity index (χ0v) is 16.0. The van der Waals surface area contributed by atoms with Gasteiger partial charge < -0.3 is 5.32 Å². The Labute approximate surface area is 164 Å². The molecule has 1 heterocycles. The third-order valence-electron chi connectivity index (χ3n) is 6.45. The summed E-state index contributed by atoms with van der Waals surface area (Å²) >= 11 is 6.55. The number of carbonyl (C=O) groups excluding carboxylic acids is 1. The van der Waals surface area contributed by atoms with Gasteiger partial charge in [-0.2, -0.15) is 0 Å². The number of nitrogens with zero attached hydrogens (tertiary/aromatic N) is 1. The number of alkyl halides is 1. The lowest BCUT2D eigenvalue weighted by Gasteiger charge is -2.29. The Balaban J connectivity index is 1.48. The Kier molecular flexibility index (Phi) is 4.14. The molecule has 4 nitrogen and oxygen atoms in total. The summed E-state index contributed by atoms with van der Waals surface area (Å²) in [5.41, 5.74) is 2.83. The van der Waals surface area contributed by atoms with Crippen LogP contribution in [0.4, 0.5) is 11.4 Å². The predicted octanol–water partition coefficient (Wildman–Crippen LogP) is 4.39. The third kappa shape index (κ3) is 2.74. The lowest BCUT2D eigenvalue weighted by atomic mass is 9.81. The molecule has 2 bridgehead atoms. The number of anilines is 2. The van der Waals surface area contributed by atoms with Crippen molar-refractivity contribution < 1.29 is 9.63 Å². The monoisotopic (exact) mass is 382 g/mol. The molecule has 1 saturated heterocycles. The van der Waals surface area contributed by atoms with Gasteiger partial charge in [0.05, 0.1) is 11.8 Å². The van der Waals surface area contributed by atoms with Crippen LogP contribution >= 0.6 is 11.6 Å². The van der Waals surface area contributed by atoms with Gasteiger partial charge in [0, 0.05) is 22.9 Å². The highest BCUT2D eigenvalue weighted by atomic mass is 35.5. The van der Waals surface area contributed by atoms with Crippen LogP contribution in [0.25, 0.3) is 0 Å². The van der Waals surface area contributed by atoms with Gasteiger partial charge in [0.2, 0.25) is 5.91 Å². The Hall–Kier alpha value is -2.04. The Bertz CT molecular complexity index is 858. The van der Waals surface area contributed by atoms with Crippen LogP contribution in [-0.2, 0) is 9.63 Å². The molecule has 0 spiro atoms. The molecular weight excluding hydrogens is 360 g/mol. The van der Waals surface area contributed by atoms with Crippen molar-refractivity contribution in [2.24, 2.45) is 17.8 Å². The fourth-order valence-electron chi connectivity index (χ4n) is 5.20. The SMILES string of the molecule is Cc1ccccc1NC(=O)[C@@H]1[C@H]2[C@H]3C[C@H]([C@@H]2ON1c1ccccc1)[C@H](Cl)C3. The summed E-state index contributed by atoms with van der Waals surface area (Å²) < 4.78 is 0. The van der Waals surface area contributed by atoms with Gasteiger partial charge in [0.1, 0.15) is 6.04 Å². The van der Waals surface area contributed by atoms with Crippen molar-refractivity contribution >= 4 is 28.9 Å². The number of benzene rings is 2. The van der Waals surface area contributed by atoms with E-state index in [-0.39, 0.29) is 29.3 Å². The molecule has 1 N–H and O–H groups in total. The van der Waals surface area contributed by atoms with Gasteiger partial charge in [0.25, 0.3) is 0 Å². The van der Waals surface area contributed by atoms with E-state index < -0.39 is 0 Å². The highest BCUT2D eigenvalue weighted by molar-refractivity contribution is 6.21. The summed E-state index contributed by atoms with van der Waals surface area (Å²) in [6, 6.07) is 17.5. The number of para-hydroxylation sites is 2. The predicted molar refractivity (Wildman–Crippen MR) is 107 cm³/mol. The largest absolute Gasteiger partial charge is 0.324 e. The Morgan fingerprint density at radius 3 is 2.63 bits per heavy atom. The highest BCUT2D eigenvalue weighted by Gasteiger charge is 2.62. The van der Waals surface area contributed by atoms with Gasteiger partial charge in [-0.3, -0.25) is 9.63 Å². The molecule has 3 fully saturated rings. The number of amides is 1. The van der Waals surface area contributed by atoms with Gasteiger partial charge in [0.15, 0.2) is 0 Å². The quantitative estimate of drug-likeness (QED) is 0.800. The number of nitrogens with one attached hydrogen (secondary N) is 1. The van der Waals surface area contributed by atoms with Crippen LogP contribution in [0.3, 0.4) is 0 Å². The van der Waals surface area contributed by atoms with Crippen LogP contribution in [-0.4, -0.2) is 23.4 Å². The smallest absolute Gasteiger partial charge is 0.250 e. The molecule has 2 aromatic carbocycles. The first-order valence-electron chi connectivity index (χ1n) is 9.65. The van der Waals surface area contributed by atoms with Gasteiger partial charge in [-0.25, -0.2) is 5.06 Å². The van der Waals surface area contributed by atoms with E-state index in [4.69, 9.17) is 16.4 Å². The molecule has 2 aliphatic carbocycles. The number of halogens is 1. The van der Waals surface area contributed by atoms with Crippen LogP contribution in [0.15, 0.2) is 54.6 Å². The minimum absolute atomic E-state index is 0.000625. The minimum Gasteiger partial charge on any atom is -0.324 e. The van der Waals surface area contributed by atoms with E-state index in [2.05, 4.69) is 5.32 Å². The summed E-state index contributed by atoms with van der Waals surface area (Å²) in [4.78, 5) is 19.8. The van der Waals surface area contributed by atoms with Crippen molar-refractivity contribution in [3.63, 3.8) is 0 Å². The number of aryl methyl sites for hydroxylation is 1. The maximum Gasteiger partial charge on any atom is 0.250 e. The molecule has 1 amide bonds. The Morgan fingerprint density at radius 1 is 1.11 bits per heavy atom. The fourth-order valence-corrected chi connectivity index (χ4v) is 5.68. The van der Waals surface area contributed by atoms with Crippen LogP contribution in [0.5, 0.6) is 0 Å². The molecule has 2 saturated carbocycles. The maximum absolute atomic E-state index is 13.4. The standard InChI is InChI=1S/C22H23ClN2O2/c1-13-7-5-6-10-18(13)24-22(26)20-19-14-11-16(17(23)12-14)21(19)27-25(20)15-8-3-2-4-9-15/h2-10,14,16-17,19-21H,11-12H2,1H3,(H,24,26)/t14-,16-,17+,19+,20-,21-/m0/s1. The average Bonchev–Trinajstić information content (AvgIpc) is 3.34. The average molecular weight is 383 g/mol. The van der Waals surface area contributed by atoms with E-state index in [1.807, 2.05) is 66.6 Å². The maximum atomic E-state index is 13.4. The fraction of sp³-hybridized carbons (Fsp3) is 0.409. The van der Waals surface area contributed by atoms with E-state index >= 15 is 0 Å². The van der Waals surface area contributed by atoms with Gasteiger partial charge in [-0.15, -0.1) is 11.6 Å². The van der Waals surface area contributed by atoms with Gasteiger partial charge >= 0.3 is 0 Å². The molecular formula is C22H23ClN2O2. The topological polar surface area (TPSA) is 41.6 Å². The number of fused-ring (bicyclic) bond motifs is 5. The molecule has 5 rings (SSSR count). The van der Waals surface area contributed by atoms with Crippen LogP contribution in [0.1, 0.15) is 18.4 Å². The van der Waals surface area contributed by atoms with E-state index in [1.165, 1.54) is 0 Å². The molecule has 6 atom stereocenters. The van der Waals surface area contributed by atoms with Gasteiger partial charge in [-0.1, -0.05) is 36.4 Å². The second-order valence-corrected chi connectivity index (χ2v) is 8.53. The zero-order valence-electron chi connectivity index (χ0n) is 15.2. The summed E-state index contributed by atoms with van der Waals surface area (Å²) in [6.07, 6.45) is 2.08. The first-order chi connectivity index (χ1) is 13.1. The minimum atomic E-state index is -0.337. The third-order valence-corrected chi connectivity index (χ3v) is 6.95. The van der Waals surface area contributed by atoms with Crippen molar-refractivity contribution in [2.75, 3.05) is 10.4 Å². The molecule has 2 aromatic rings. The van der Waals surface area contributed by atoms with E-state index in [0.717, 1.165) is 29.8 Å². The molecule has 140 valence electrons. The lowest BCUT2D eigenvalue weighted by Crippen LogP contribution is -2.45. The summed E-state index contributed by atoms with van der Waals surface area (Å²) in [6.45, 7) is 2.01. The second-order valence-electron chi connectivity index (χ2n) is 7.97. The summed E-state index contributed by atoms with van der Waals surface area (Å²) in [5, 5.41) is 5.13. The first kappa shape index (κ1) is 17.1. The molecule has 5 heteroatoms. The van der Waals surface area contributed by atoms with E-state index in [1.54, 1.807) is 0 Å². The number of hydroxylamine groups is 1. The van der Waals surface area contributed by atoms with Crippen molar-refractivity contribution in [1.29, 1.82) is 0 Å². The van der Waals surface area contributed by atoms with Crippen LogP contribution in [0, 0.1) is 24.7 Å². The lowest BCUT2D eigenvalue weighted by molar-refractivity contribution is -0.118. The van der Waals surface area contributed by atoms with Gasteiger partial charge in [-0.05, 0) is 49.4 Å². The molecule has 0 radical (unpaired) electrons. The van der Waals surface area contributed by atoms with Crippen molar-refractivity contribution in [1.82, 2.24) is 0 Å². The van der Waals surface area contributed by atoms with E-state index in [0.29, 0.717) is 11.8 Å². The van der Waals surface area contributed by atoms with Crippen molar-refractivity contribution in [2.45, 2.75) is 37.3 Å². The molecule has 0 aromatic heterocycles. The molecule has 1 aliphatic heterocycles. The van der Waals surface area contributed by atoms with E-state index in [9.17, 15) is 4.79 Å². The highest BCUT2D eigenvalue weighted by Crippen LogP contribution is 2.57. The van der Waals surface area contributed by atoms with Crippen LogP contribution in [0.2, 0.25) is 0 Å². The normalized spacial score (nSPS) is 33.9. The molecule has 27 heavy (non-hydrogen) atoms. The first-order valence-corrected chi connectivity index (χ1v) is 10.1.